The van der Waals surface area contributed by atoms with Crippen LogP contribution in [0.4, 0.5) is 0 Å². The molecule has 0 saturated carbocycles. The van der Waals surface area contributed by atoms with Crippen LogP contribution in [0.1, 0.15) is 26.3 Å². The number of hydrogen-bond acceptors (Lipinski definition) is 4. The van der Waals surface area contributed by atoms with E-state index in [0.717, 1.165) is 0 Å². The van der Waals surface area contributed by atoms with E-state index in [1.165, 1.54) is 6.20 Å². The molecule has 0 bridgehead atoms. The van der Waals surface area contributed by atoms with Gasteiger partial charge in [-0.05, 0) is 24.5 Å². The number of aromatic nitrogens is 1. The van der Waals surface area contributed by atoms with Crippen molar-refractivity contribution < 1.29 is 19.4 Å². The lowest BCUT2D eigenvalue weighted by molar-refractivity contribution is -0.172. The summed E-state index contributed by atoms with van der Waals surface area (Å²) in [5, 5.41) is 9.87. The number of rotatable bonds is 6. The summed E-state index contributed by atoms with van der Waals surface area (Å²) < 4.78 is 4.96. The molecule has 0 aliphatic rings. The molecule has 1 heterocycles. The first kappa shape index (κ1) is 16.4. The Hall–Kier alpha value is -1.62. The lowest BCUT2D eigenvalue weighted by Crippen LogP contribution is -2.47. The third-order valence-electron chi connectivity index (χ3n) is 3.28. The minimum absolute atomic E-state index is 0.0169. The molecular weight excluding hydrogens is 282 g/mol. The van der Waals surface area contributed by atoms with Crippen molar-refractivity contribution in [3.63, 3.8) is 0 Å². The topological polar surface area (TPSA) is 76.5 Å². The molecule has 0 aromatic carbocycles. The number of carbonyl (C=O) groups is 2. The van der Waals surface area contributed by atoms with E-state index in [-0.39, 0.29) is 13.0 Å². The molecule has 1 atom stereocenters. The van der Waals surface area contributed by atoms with Gasteiger partial charge in [0.1, 0.15) is 5.15 Å². The average Bonchev–Trinajstić information content (AvgIpc) is 2.37. The number of nitrogens with zero attached hydrogens (tertiary/aromatic N) is 1. The van der Waals surface area contributed by atoms with E-state index in [4.69, 9.17) is 16.3 Å². The van der Waals surface area contributed by atoms with Crippen LogP contribution < -0.4 is 0 Å². The van der Waals surface area contributed by atoms with E-state index in [1.54, 1.807) is 32.9 Å². The number of ether oxygens (including phenoxy) is 1. The second-order valence-corrected chi connectivity index (χ2v) is 5.20. The molecule has 0 amide bonds. The summed E-state index contributed by atoms with van der Waals surface area (Å²) in [4.78, 5) is 27.8. The van der Waals surface area contributed by atoms with Crippen molar-refractivity contribution in [3.05, 3.63) is 29.0 Å². The highest BCUT2D eigenvalue weighted by Gasteiger charge is 2.50. The number of pyridine rings is 1. The summed E-state index contributed by atoms with van der Waals surface area (Å²) in [6.45, 7) is 5.16. The van der Waals surface area contributed by atoms with Crippen molar-refractivity contribution in [2.24, 2.45) is 11.3 Å². The van der Waals surface area contributed by atoms with Crippen molar-refractivity contribution in [1.82, 2.24) is 4.98 Å². The largest absolute Gasteiger partial charge is 0.480 e. The third-order valence-corrected chi connectivity index (χ3v) is 3.50. The number of carboxylic acid groups (broad SMARTS) is 1. The fraction of sp³-hybridized carbons (Fsp3) is 0.500. The molecule has 1 unspecified atom stereocenters. The van der Waals surface area contributed by atoms with Gasteiger partial charge in [-0.1, -0.05) is 31.5 Å². The Morgan fingerprint density at radius 3 is 2.50 bits per heavy atom. The molecule has 0 saturated heterocycles. The lowest BCUT2D eigenvalue weighted by atomic mass is 9.73. The van der Waals surface area contributed by atoms with Crippen LogP contribution in [0.5, 0.6) is 0 Å². The van der Waals surface area contributed by atoms with Crippen LogP contribution in [0.3, 0.4) is 0 Å². The number of carbonyl (C=O) groups excluding carboxylic acids is 1. The predicted molar refractivity (Wildman–Crippen MR) is 74.5 cm³/mol. The standard InChI is InChI=1S/C14H18ClNO4/c1-4-20-13(19)14(9(2)3,12(17)18)7-10-5-6-11(15)16-8-10/h5-6,8-9H,4,7H2,1-3H3,(H,17,18). The van der Waals surface area contributed by atoms with Gasteiger partial charge in [0, 0.05) is 12.6 Å². The second kappa shape index (κ2) is 6.70. The Balaban J connectivity index is 3.19. The van der Waals surface area contributed by atoms with Gasteiger partial charge >= 0.3 is 11.9 Å². The molecule has 110 valence electrons. The Morgan fingerprint density at radius 1 is 1.45 bits per heavy atom. The summed E-state index contributed by atoms with van der Waals surface area (Å²) in [7, 11) is 0. The summed E-state index contributed by atoms with van der Waals surface area (Å²) in [6, 6.07) is 3.23. The van der Waals surface area contributed by atoms with Crippen molar-refractivity contribution in [1.29, 1.82) is 0 Å². The molecular formula is C14H18ClNO4. The smallest absolute Gasteiger partial charge is 0.324 e. The Morgan fingerprint density at radius 2 is 2.10 bits per heavy atom. The number of hydrogen-bond donors (Lipinski definition) is 1. The highest BCUT2D eigenvalue weighted by Crippen LogP contribution is 2.34. The van der Waals surface area contributed by atoms with Crippen LogP contribution >= 0.6 is 11.6 Å². The molecule has 0 fully saturated rings. The minimum atomic E-state index is -1.62. The molecule has 1 rings (SSSR count). The number of halogens is 1. The zero-order chi connectivity index (χ0) is 15.3. The van der Waals surface area contributed by atoms with Gasteiger partial charge in [0.15, 0.2) is 5.41 Å². The molecule has 0 aliphatic heterocycles. The number of carboxylic acids is 1. The molecule has 0 spiro atoms. The Bertz CT molecular complexity index is 486. The maximum absolute atomic E-state index is 12.2. The van der Waals surface area contributed by atoms with Crippen molar-refractivity contribution >= 4 is 23.5 Å². The Kier molecular flexibility index (Phi) is 5.51. The quantitative estimate of drug-likeness (QED) is 0.496. The Labute approximate surface area is 122 Å². The molecule has 6 heteroatoms. The second-order valence-electron chi connectivity index (χ2n) is 4.82. The summed E-state index contributed by atoms with van der Waals surface area (Å²) in [6.07, 6.45) is 1.49. The van der Waals surface area contributed by atoms with Crippen LogP contribution in [0.25, 0.3) is 0 Å². The van der Waals surface area contributed by atoms with E-state index in [2.05, 4.69) is 4.98 Å². The fourth-order valence-electron chi connectivity index (χ4n) is 2.01. The molecule has 0 aliphatic carbocycles. The predicted octanol–water partition coefficient (Wildman–Crippen LogP) is 2.57. The van der Waals surface area contributed by atoms with Crippen molar-refractivity contribution in [3.8, 4) is 0 Å². The van der Waals surface area contributed by atoms with Crippen LogP contribution in [0.15, 0.2) is 18.3 Å². The van der Waals surface area contributed by atoms with Gasteiger partial charge in [0.05, 0.1) is 6.61 Å². The van der Waals surface area contributed by atoms with Crippen LogP contribution in [0, 0.1) is 11.3 Å². The third kappa shape index (κ3) is 3.28. The maximum atomic E-state index is 12.2. The first-order valence-corrected chi connectivity index (χ1v) is 6.73. The molecule has 1 N–H and O–H groups in total. The van der Waals surface area contributed by atoms with E-state index >= 15 is 0 Å². The number of esters is 1. The van der Waals surface area contributed by atoms with Crippen molar-refractivity contribution in [2.45, 2.75) is 27.2 Å². The fourth-order valence-corrected chi connectivity index (χ4v) is 2.13. The number of aliphatic carboxylic acids is 1. The van der Waals surface area contributed by atoms with Gasteiger partial charge in [-0.3, -0.25) is 9.59 Å². The maximum Gasteiger partial charge on any atom is 0.324 e. The highest BCUT2D eigenvalue weighted by atomic mass is 35.5. The van der Waals surface area contributed by atoms with E-state index in [9.17, 15) is 14.7 Å². The molecule has 5 nitrogen and oxygen atoms in total. The van der Waals surface area contributed by atoms with Crippen LogP contribution in [0.2, 0.25) is 5.15 Å². The summed E-state index contributed by atoms with van der Waals surface area (Å²) in [5.74, 6) is -2.34. The van der Waals surface area contributed by atoms with E-state index in [0.29, 0.717) is 10.7 Å². The first-order chi connectivity index (χ1) is 9.34. The lowest BCUT2D eigenvalue weighted by Gasteiger charge is -2.30. The van der Waals surface area contributed by atoms with E-state index in [1.807, 2.05) is 0 Å². The van der Waals surface area contributed by atoms with Gasteiger partial charge in [-0.2, -0.15) is 0 Å². The normalized spacial score (nSPS) is 13.8. The summed E-state index contributed by atoms with van der Waals surface area (Å²) >= 11 is 5.70. The minimum Gasteiger partial charge on any atom is -0.480 e. The van der Waals surface area contributed by atoms with Gasteiger partial charge < -0.3 is 9.84 Å². The van der Waals surface area contributed by atoms with Crippen LogP contribution in [-0.4, -0.2) is 28.6 Å². The monoisotopic (exact) mass is 299 g/mol. The van der Waals surface area contributed by atoms with E-state index < -0.39 is 23.3 Å². The molecule has 1 aromatic heterocycles. The molecule has 1 aromatic rings. The summed E-state index contributed by atoms with van der Waals surface area (Å²) in [5.41, 5.74) is -0.996. The van der Waals surface area contributed by atoms with Gasteiger partial charge in [0.25, 0.3) is 0 Å². The zero-order valence-corrected chi connectivity index (χ0v) is 12.5. The highest BCUT2D eigenvalue weighted by molar-refractivity contribution is 6.29. The zero-order valence-electron chi connectivity index (χ0n) is 11.7. The first-order valence-electron chi connectivity index (χ1n) is 6.35. The average molecular weight is 300 g/mol. The van der Waals surface area contributed by atoms with Gasteiger partial charge in [0.2, 0.25) is 0 Å². The van der Waals surface area contributed by atoms with Crippen molar-refractivity contribution in [2.75, 3.05) is 6.61 Å². The molecule has 0 radical (unpaired) electrons. The molecule has 20 heavy (non-hydrogen) atoms. The van der Waals surface area contributed by atoms with Crippen LogP contribution in [-0.2, 0) is 20.7 Å². The van der Waals surface area contributed by atoms with Gasteiger partial charge in [-0.15, -0.1) is 0 Å². The van der Waals surface area contributed by atoms with Gasteiger partial charge in [-0.25, -0.2) is 4.98 Å². The SMILES string of the molecule is CCOC(=O)C(Cc1ccc(Cl)nc1)(C(=O)O)C(C)C.